The molecular formula is C19H31NO. The lowest BCUT2D eigenvalue weighted by atomic mass is 9.75. The van der Waals surface area contributed by atoms with Crippen LogP contribution in [0.2, 0.25) is 0 Å². The maximum atomic E-state index is 10.9. The van der Waals surface area contributed by atoms with Gasteiger partial charge in [0.2, 0.25) is 0 Å². The van der Waals surface area contributed by atoms with E-state index in [2.05, 4.69) is 57.1 Å². The fourth-order valence-electron chi connectivity index (χ4n) is 3.69. The molecule has 1 unspecified atom stereocenters. The average molecular weight is 289 g/mol. The van der Waals surface area contributed by atoms with Gasteiger partial charge in [-0.05, 0) is 44.0 Å². The van der Waals surface area contributed by atoms with Crippen molar-refractivity contribution in [2.24, 2.45) is 0 Å². The Hall–Kier alpha value is -0.860. The molecule has 2 heteroatoms. The molecule has 2 rings (SSSR count). The Labute approximate surface area is 130 Å². The molecule has 0 aromatic heterocycles. The summed E-state index contributed by atoms with van der Waals surface area (Å²) in [5.41, 5.74) is 2.58. The Balaban J connectivity index is 2.09. The van der Waals surface area contributed by atoms with E-state index in [1.807, 2.05) is 0 Å². The molecule has 0 amide bonds. The van der Waals surface area contributed by atoms with E-state index in [-0.39, 0.29) is 11.6 Å². The monoisotopic (exact) mass is 289 g/mol. The molecule has 1 fully saturated rings. The fraction of sp³-hybridized carbons (Fsp3) is 0.684. The lowest BCUT2D eigenvalue weighted by molar-refractivity contribution is -0.0310. The summed E-state index contributed by atoms with van der Waals surface area (Å²) in [4.78, 5) is 2.26. The first-order valence-corrected chi connectivity index (χ1v) is 8.40. The Kier molecular flexibility index (Phi) is 5.45. The van der Waals surface area contributed by atoms with Crippen molar-refractivity contribution in [3.8, 4) is 0 Å². The molecule has 1 atom stereocenters. The van der Waals surface area contributed by atoms with Crippen molar-refractivity contribution in [3.63, 3.8) is 0 Å². The van der Waals surface area contributed by atoms with Crippen LogP contribution >= 0.6 is 0 Å². The number of aliphatic hydroxyl groups is 1. The maximum Gasteiger partial charge on any atom is 0.0763 e. The molecule has 118 valence electrons. The predicted molar refractivity (Wildman–Crippen MR) is 89.7 cm³/mol. The second kappa shape index (κ2) is 6.93. The third-order valence-electron chi connectivity index (χ3n) is 5.31. The number of benzene rings is 1. The van der Waals surface area contributed by atoms with Crippen LogP contribution in [0.5, 0.6) is 0 Å². The second-order valence-corrected chi connectivity index (χ2v) is 7.17. The van der Waals surface area contributed by atoms with E-state index in [1.54, 1.807) is 0 Å². The van der Waals surface area contributed by atoms with Crippen molar-refractivity contribution in [2.45, 2.75) is 69.9 Å². The summed E-state index contributed by atoms with van der Waals surface area (Å²) in [6.07, 6.45) is 6.50. The first kappa shape index (κ1) is 16.5. The third-order valence-corrected chi connectivity index (χ3v) is 5.31. The normalized spacial score (nSPS) is 20.0. The minimum Gasteiger partial charge on any atom is -0.391 e. The number of hydrogen-bond donors (Lipinski definition) is 1. The standard InChI is InChI=1S/C19H31NO/c1-15(2)17-10-8-16(9-11-17)14-18(21)19(20(3)4)12-6-5-7-13-19/h8-11,15,18,21H,5-7,12-14H2,1-4H3. The molecule has 21 heavy (non-hydrogen) atoms. The van der Waals surface area contributed by atoms with Gasteiger partial charge in [0.05, 0.1) is 6.10 Å². The highest BCUT2D eigenvalue weighted by molar-refractivity contribution is 5.25. The van der Waals surface area contributed by atoms with Crippen LogP contribution in [0.15, 0.2) is 24.3 Å². The Morgan fingerprint density at radius 2 is 1.62 bits per heavy atom. The molecule has 1 aromatic rings. The minimum absolute atomic E-state index is 0.0328. The van der Waals surface area contributed by atoms with Gasteiger partial charge >= 0.3 is 0 Å². The van der Waals surface area contributed by atoms with E-state index in [0.717, 1.165) is 19.3 Å². The molecule has 2 nitrogen and oxygen atoms in total. The molecular weight excluding hydrogens is 258 g/mol. The summed E-state index contributed by atoms with van der Waals surface area (Å²) in [5.74, 6) is 0.565. The van der Waals surface area contributed by atoms with E-state index in [1.165, 1.54) is 30.4 Å². The van der Waals surface area contributed by atoms with Crippen molar-refractivity contribution < 1.29 is 5.11 Å². The van der Waals surface area contributed by atoms with Crippen molar-refractivity contribution >= 4 is 0 Å². The Bertz CT molecular complexity index is 429. The molecule has 1 N–H and O–H groups in total. The zero-order valence-corrected chi connectivity index (χ0v) is 14.1. The van der Waals surface area contributed by atoms with E-state index < -0.39 is 0 Å². The largest absolute Gasteiger partial charge is 0.391 e. The maximum absolute atomic E-state index is 10.9. The molecule has 0 aliphatic heterocycles. The van der Waals surface area contributed by atoms with Crippen LogP contribution in [-0.2, 0) is 6.42 Å². The first-order valence-electron chi connectivity index (χ1n) is 8.40. The summed E-state index contributed by atoms with van der Waals surface area (Å²) in [7, 11) is 4.24. The van der Waals surface area contributed by atoms with Crippen LogP contribution in [0.1, 0.15) is 63.0 Å². The average Bonchev–Trinajstić information content (AvgIpc) is 2.48. The molecule has 1 aromatic carbocycles. The summed E-state index contributed by atoms with van der Waals surface area (Å²) in [6.45, 7) is 4.43. The van der Waals surface area contributed by atoms with Gasteiger partial charge in [0, 0.05) is 12.0 Å². The number of aliphatic hydroxyl groups excluding tert-OH is 1. The van der Waals surface area contributed by atoms with E-state index >= 15 is 0 Å². The molecule has 1 aliphatic carbocycles. The van der Waals surface area contributed by atoms with Gasteiger partial charge in [-0.2, -0.15) is 0 Å². The Morgan fingerprint density at radius 1 is 1.05 bits per heavy atom. The topological polar surface area (TPSA) is 23.5 Å². The number of rotatable bonds is 5. The predicted octanol–water partition coefficient (Wildman–Crippen LogP) is 3.98. The number of hydrogen-bond acceptors (Lipinski definition) is 2. The fourth-order valence-corrected chi connectivity index (χ4v) is 3.69. The molecule has 0 heterocycles. The smallest absolute Gasteiger partial charge is 0.0763 e. The van der Waals surface area contributed by atoms with Gasteiger partial charge in [0.15, 0.2) is 0 Å². The highest BCUT2D eigenvalue weighted by Gasteiger charge is 2.40. The van der Waals surface area contributed by atoms with Crippen molar-refractivity contribution in [2.75, 3.05) is 14.1 Å². The lowest BCUT2D eigenvalue weighted by Gasteiger charge is -2.46. The summed E-state index contributed by atoms with van der Waals surface area (Å²) in [5, 5.41) is 10.9. The van der Waals surface area contributed by atoms with Gasteiger partial charge in [-0.25, -0.2) is 0 Å². The molecule has 1 aliphatic rings. The Morgan fingerprint density at radius 3 is 2.10 bits per heavy atom. The summed E-state index contributed by atoms with van der Waals surface area (Å²) in [6, 6.07) is 8.78. The van der Waals surface area contributed by atoms with Gasteiger partial charge in [-0.3, -0.25) is 0 Å². The van der Waals surface area contributed by atoms with Crippen LogP contribution in [-0.4, -0.2) is 35.7 Å². The van der Waals surface area contributed by atoms with Crippen molar-refractivity contribution in [3.05, 3.63) is 35.4 Å². The van der Waals surface area contributed by atoms with E-state index in [0.29, 0.717) is 5.92 Å². The van der Waals surface area contributed by atoms with Crippen LogP contribution < -0.4 is 0 Å². The molecule has 0 radical (unpaired) electrons. The first-order chi connectivity index (χ1) is 9.95. The van der Waals surface area contributed by atoms with Gasteiger partial charge in [-0.1, -0.05) is 57.4 Å². The number of nitrogens with zero attached hydrogens (tertiary/aromatic N) is 1. The molecule has 0 saturated heterocycles. The zero-order valence-electron chi connectivity index (χ0n) is 14.1. The number of likely N-dealkylation sites (N-methyl/N-ethyl adjacent to an activating group) is 1. The van der Waals surface area contributed by atoms with Crippen molar-refractivity contribution in [1.82, 2.24) is 4.90 Å². The zero-order chi connectivity index (χ0) is 15.5. The summed E-state index contributed by atoms with van der Waals surface area (Å²) < 4.78 is 0. The molecule has 1 saturated carbocycles. The summed E-state index contributed by atoms with van der Waals surface area (Å²) >= 11 is 0. The highest BCUT2D eigenvalue weighted by Crippen LogP contribution is 2.36. The highest BCUT2D eigenvalue weighted by atomic mass is 16.3. The molecule has 0 bridgehead atoms. The van der Waals surface area contributed by atoms with Gasteiger partial charge in [0.25, 0.3) is 0 Å². The lowest BCUT2D eigenvalue weighted by Crippen LogP contribution is -2.55. The van der Waals surface area contributed by atoms with Gasteiger partial charge in [0.1, 0.15) is 0 Å². The van der Waals surface area contributed by atoms with Crippen LogP contribution in [0, 0.1) is 0 Å². The van der Waals surface area contributed by atoms with Crippen LogP contribution in [0.25, 0.3) is 0 Å². The third kappa shape index (κ3) is 3.67. The minimum atomic E-state index is -0.280. The molecule has 0 spiro atoms. The SMILES string of the molecule is CC(C)c1ccc(CC(O)C2(N(C)C)CCCCC2)cc1. The van der Waals surface area contributed by atoms with E-state index in [9.17, 15) is 5.11 Å². The second-order valence-electron chi connectivity index (χ2n) is 7.17. The van der Waals surface area contributed by atoms with Crippen LogP contribution in [0.4, 0.5) is 0 Å². The van der Waals surface area contributed by atoms with Crippen molar-refractivity contribution in [1.29, 1.82) is 0 Å². The van der Waals surface area contributed by atoms with Gasteiger partial charge in [-0.15, -0.1) is 0 Å². The van der Waals surface area contributed by atoms with Crippen LogP contribution in [0.3, 0.4) is 0 Å². The van der Waals surface area contributed by atoms with Gasteiger partial charge < -0.3 is 10.0 Å². The quantitative estimate of drug-likeness (QED) is 0.886. The van der Waals surface area contributed by atoms with E-state index in [4.69, 9.17) is 0 Å².